The van der Waals surface area contributed by atoms with E-state index < -0.39 is 8.24 Å². The highest BCUT2D eigenvalue weighted by Gasteiger charge is 2.21. The lowest BCUT2D eigenvalue weighted by Gasteiger charge is -2.19. The number of hydrogen-bond donors (Lipinski definition) is 0. The van der Waals surface area contributed by atoms with Crippen LogP contribution in [0.1, 0.15) is 12.5 Å². The van der Waals surface area contributed by atoms with Crippen molar-refractivity contribution in [1.82, 2.24) is 4.23 Å². The Balaban J connectivity index is 2.48. The van der Waals surface area contributed by atoms with Gasteiger partial charge in [0.15, 0.2) is 8.24 Å². The van der Waals surface area contributed by atoms with E-state index in [9.17, 15) is 4.79 Å². The van der Waals surface area contributed by atoms with Crippen molar-refractivity contribution >= 4 is 25.1 Å². The number of aromatic nitrogens is 1. The third-order valence-electron chi connectivity index (χ3n) is 3.16. The van der Waals surface area contributed by atoms with E-state index in [1.165, 1.54) is 5.52 Å². The van der Waals surface area contributed by atoms with Gasteiger partial charge >= 0.3 is 5.97 Å². The van der Waals surface area contributed by atoms with Crippen LogP contribution in [0.3, 0.4) is 0 Å². The van der Waals surface area contributed by atoms with Gasteiger partial charge in [-0.1, -0.05) is 37.8 Å². The van der Waals surface area contributed by atoms with Gasteiger partial charge in [-0.15, -0.1) is 0 Å². The zero-order chi connectivity index (χ0) is 14.0. The SMILES string of the molecule is CCOC(=O)Cc1cn([Si](C)(C)C)c2ccccc12. The van der Waals surface area contributed by atoms with Gasteiger partial charge in [-0.3, -0.25) is 4.79 Å². The number of para-hydroxylation sites is 1. The second-order valence-electron chi connectivity index (χ2n) is 5.69. The molecule has 0 aliphatic rings. The molecule has 102 valence electrons. The predicted octanol–water partition coefficient (Wildman–Crippen LogP) is 3.43. The zero-order valence-electron chi connectivity index (χ0n) is 12.1. The maximum absolute atomic E-state index is 11.7. The second-order valence-corrected chi connectivity index (χ2v) is 10.5. The van der Waals surface area contributed by atoms with Crippen LogP contribution >= 0.6 is 0 Å². The van der Waals surface area contributed by atoms with Crippen LogP contribution in [0.25, 0.3) is 10.9 Å². The molecule has 0 atom stereocenters. The first-order valence-electron chi connectivity index (χ1n) is 6.68. The summed E-state index contributed by atoms with van der Waals surface area (Å²) >= 11 is 0. The molecule has 4 heteroatoms. The fourth-order valence-electron chi connectivity index (χ4n) is 2.31. The molecule has 0 amide bonds. The Labute approximate surface area is 115 Å². The van der Waals surface area contributed by atoms with Gasteiger partial charge in [0.05, 0.1) is 13.0 Å². The van der Waals surface area contributed by atoms with Gasteiger partial charge in [0, 0.05) is 10.9 Å². The number of fused-ring (bicyclic) bond motifs is 1. The van der Waals surface area contributed by atoms with E-state index in [0.29, 0.717) is 13.0 Å². The van der Waals surface area contributed by atoms with E-state index >= 15 is 0 Å². The molecule has 2 aromatic rings. The summed E-state index contributed by atoms with van der Waals surface area (Å²) in [5, 5.41) is 1.16. The number of nitrogens with zero attached hydrogens (tertiary/aromatic N) is 1. The summed E-state index contributed by atoms with van der Waals surface area (Å²) in [6.45, 7) is 9.17. The predicted molar refractivity (Wildman–Crippen MR) is 81.0 cm³/mol. The highest BCUT2D eigenvalue weighted by molar-refractivity contribution is 6.75. The Morgan fingerprint density at radius 2 is 1.95 bits per heavy atom. The van der Waals surface area contributed by atoms with E-state index in [-0.39, 0.29) is 5.97 Å². The van der Waals surface area contributed by atoms with E-state index in [4.69, 9.17) is 4.74 Å². The fourth-order valence-corrected chi connectivity index (χ4v) is 3.77. The summed E-state index contributed by atoms with van der Waals surface area (Å²) in [6, 6.07) is 8.28. The van der Waals surface area contributed by atoms with E-state index in [1.54, 1.807) is 0 Å². The lowest BCUT2D eigenvalue weighted by atomic mass is 10.1. The van der Waals surface area contributed by atoms with Gasteiger partial charge in [0.2, 0.25) is 0 Å². The van der Waals surface area contributed by atoms with Crippen molar-refractivity contribution < 1.29 is 9.53 Å². The third-order valence-corrected chi connectivity index (χ3v) is 4.97. The van der Waals surface area contributed by atoms with Crippen LogP contribution < -0.4 is 0 Å². The monoisotopic (exact) mass is 275 g/mol. The Morgan fingerprint density at radius 1 is 1.26 bits per heavy atom. The lowest BCUT2D eigenvalue weighted by Crippen LogP contribution is -2.31. The molecule has 0 spiro atoms. The van der Waals surface area contributed by atoms with Crippen LogP contribution in [-0.4, -0.2) is 25.0 Å². The standard InChI is InChI=1S/C15H21NO2Si/c1-5-18-15(17)10-12-11-16(19(2,3)4)14-9-7-6-8-13(12)14/h6-9,11H,5,10H2,1-4H3. The first kappa shape index (κ1) is 13.9. The topological polar surface area (TPSA) is 31.2 Å². The van der Waals surface area contributed by atoms with Crippen LogP contribution in [0.15, 0.2) is 30.5 Å². The highest BCUT2D eigenvalue weighted by Crippen LogP contribution is 2.25. The molecular weight excluding hydrogens is 254 g/mol. The summed E-state index contributed by atoms with van der Waals surface area (Å²) in [5.74, 6) is -0.152. The van der Waals surface area contributed by atoms with Crippen molar-refractivity contribution in [1.29, 1.82) is 0 Å². The number of carbonyl (C=O) groups is 1. The van der Waals surface area contributed by atoms with Crippen LogP contribution in [-0.2, 0) is 16.0 Å². The van der Waals surface area contributed by atoms with Crippen LogP contribution in [0.5, 0.6) is 0 Å². The molecule has 0 aliphatic carbocycles. The molecule has 1 heterocycles. The lowest BCUT2D eigenvalue weighted by molar-refractivity contribution is -0.142. The first-order chi connectivity index (χ1) is 8.93. The molecule has 0 N–H and O–H groups in total. The number of ether oxygens (including phenoxy) is 1. The normalized spacial score (nSPS) is 11.8. The number of esters is 1. The Kier molecular flexibility index (Phi) is 3.80. The molecule has 0 saturated heterocycles. The number of benzene rings is 1. The zero-order valence-corrected chi connectivity index (χ0v) is 13.1. The summed E-state index contributed by atoms with van der Waals surface area (Å²) < 4.78 is 7.41. The van der Waals surface area contributed by atoms with Gasteiger partial charge in [-0.25, -0.2) is 0 Å². The van der Waals surface area contributed by atoms with Crippen molar-refractivity contribution in [2.45, 2.75) is 33.0 Å². The second kappa shape index (κ2) is 5.21. The van der Waals surface area contributed by atoms with Crippen LogP contribution in [0.2, 0.25) is 19.6 Å². The van der Waals surface area contributed by atoms with Gasteiger partial charge in [0.1, 0.15) is 0 Å². The number of carbonyl (C=O) groups excluding carboxylic acids is 1. The largest absolute Gasteiger partial charge is 0.466 e. The van der Waals surface area contributed by atoms with Gasteiger partial charge in [0.25, 0.3) is 0 Å². The summed E-state index contributed by atoms with van der Waals surface area (Å²) in [5.41, 5.74) is 2.29. The minimum Gasteiger partial charge on any atom is -0.466 e. The maximum atomic E-state index is 11.7. The molecule has 0 unspecified atom stereocenters. The average molecular weight is 275 g/mol. The van der Waals surface area contributed by atoms with Crippen LogP contribution in [0, 0.1) is 0 Å². The molecule has 0 bridgehead atoms. The molecule has 0 radical (unpaired) electrons. The number of hydrogen-bond acceptors (Lipinski definition) is 2. The maximum Gasteiger partial charge on any atom is 0.310 e. The Morgan fingerprint density at radius 3 is 2.58 bits per heavy atom. The van der Waals surface area contributed by atoms with E-state index in [0.717, 1.165) is 10.9 Å². The highest BCUT2D eigenvalue weighted by atomic mass is 28.3. The first-order valence-corrected chi connectivity index (χ1v) is 10.1. The number of rotatable bonds is 4. The van der Waals surface area contributed by atoms with Gasteiger partial charge in [-0.2, -0.15) is 0 Å². The van der Waals surface area contributed by atoms with Gasteiger partial charge in [-0.05, 0) is 24.8 Å². The minimum absolute atomic E-state index is 0.152. The molecule has 0 aliphatic heterocycles. The molecule has 0 fully saturated rings. The summed E-state index contributed by atoms with van der Waals surface area (Å²) in [4.78, 5) is 11.7. The van der Waals surface area contributed by atoms with Crippen molar-refractivity contribution in [3.8, 4) is 0 Å². The molecule has 1 aromatic carbocycles. The molecule has 1 aromatic heterocycles. The smallest absolute Gasteiger partial charge is 0.310 e. The fraction of sp³-hybridized carbons (Fsp3) is 0.400. The Bertz CT molecular complexity index is 596. The molecule has 3 nitrogen and oxygen atoms in total. The van der Waals surface area contributed by atoms with Crippen LogP contribution in [0.4, 0.5) is 0 Å². The molecule has 19 heavy (non-hydrogen) atoms. The summed E-state index contributed by atoms with van der Waals surface area (Å²) in [6.07, 6.45) is 2.49. The molecular formula is C15H21NO2Si. The van der Waals surface area contributed by atoms with E-state index in [1.807, 2.05) is 19.1 Å². The quantitative estimate of drug-likeness (QED) is 0.632. The van der Waals surface area contributed by atoms with Crippen molar-refractivity contribution in [2.24, 2.45) is 0 Å². The van der Waals surface area contributed by atoms with Gasteiger partial charge < -0.3 is 8.97 Å². The Hall–Kier alpha value is -1.55. The van der Waals surface area contributed by atoms with E-state index in [2.05, 4.69) is 42.2 Å². The minimum atomic E-state index is -1.48. The third kappa shape index (κ3) is 2.89. The van der Waals surface area contributed by atoms with Crippen molar-refractivity contribution in [3.63, 3.8) is 0 Å². The van der Waals surface area contributed by atoms with Crippen molar-refractivity contribution in [3.05, 3.63) is 36.0 Å². The molecule has 0 saturated carbocycles. The average Bonchev–Trinajstić information content (AvgIpc) is 2.69. The molecule has 2 rings (SSSR count). The summed E-state index contributed by atoms with van der Waals surface area (Å²) in [7, 11) is -1.48. The van der Waals surface area contributed by atoms with Crippen molar-refractivity contribution in [2.75, 3.05) is 6.61 Å².